The Bertz CT molecular complexity index is 1590. The number of anilines is 2. The van der Waals surface area contributed by atoms with Crippen molar-refractivity contribution >= 4 is 39.5 Å². The van der Waals surface area contributed by atoms with E-state index in [4.69, 9.17) is 4.74 Å². The molecule has 5 rings (SSSR count). The van der Waals surface area contributed by atoms with Gasteiger partial charge in [-0.15, -0.1) is 0 Å². The number of piperazine rings is 1. The molecule has 2 aliphatic rings. The zero-order chi connectivity index (χ0) is 31.4. The number of sulfonamides is 1. The van der Waals surface area contributed by atoms with E-state index < -0.39 is 40.1 Å². The molecule has 2 aromatic carbocycles. The molecule has 2 amide bonds. The summed E-state index contributed by atoms with van der Waals surface area (Å²) in [6, 6.07) is 15.7. The fraction of sp³-hybridized carbons (Fsp3) is 0.355. The molecule has 2 aliphatic heterocycles. The van der Waals surface area contributed by atoms with Crippen molar-refractivity contribution in [2.45, 2.75) is 43.7 Å². The van der Waals surface area contributed by atoms with E-state index in [0.29, 0.717) is 32.6 Å². The average molecular weight is 622 g/mol. The molecule has 0 saturated carbocycles. The lowest BCUT2D eigenvalue weighted by atomic mass is 10.1. The first-order valence-corrected chi connectivity index (χ1v) is 15.9. The largest absolute Gasteiger partial charge is 0.480 e. The number of nitrogens with zero attached hydrogens (tertiary/aromatic N) is 5. The van der Waals surface area contributed by atoms with Gasteiger partial charge in [0.15, 0.2) is 0 Å². The van der Waals surface area contributed by atoms with Crippen LogP contribution in [0, 0.1) is 6.92 Å². The van der Waals surface area contributed by atoms with Crippen LogP contribution in [0.15, 0.2) is 77.8 Å². The Hall–Kier alpha value is -4.49. The number of ether oxygens (including phenoxy) is 1. The molecule has 0 unspecified atom stereocenters. The van der Waals surface area contributed by atoms with Gasteiger partial charge in [-0.05, 0) is 75.2 Å². The van der Waals surface area contributed by atoms with Gasteiger partial charge in [-0.25, -0.2) is 23.0 Å². The number of amides is 2. The average Bonchev–Trinajstić information content (AvgIpc) is 3.54. The molecule has 0 aliphatic carbocycles. The predicted octanol–water partition coefficient (Wildman–Crippen LogP) is 3.37. The quantitative estimate of drug-likeness (QED) is 0.401. The fourth-order valence-corrected chi connectivity index (χ4v) is 7.08. The highest BCUT2D eigenvalue weighted by molar-refractivity contribution is 7.89. The van der Waals surface area contributed by atoms with E-state index in [-0.39, 0.29) is 29.3 Å². The molecule has 1 N–H and O–H groups in total. The van der Waals surface area contributed by atoms with E-state index in [1.807, 2.05) is 25.1 Å². The monoisotopic (exact) mass is 621 g/mol. The van der Waals surface area contributed by atoms with Gasteiger partial charge in [0.05, 0.1) is 4.90 Å². The van der Waals surface area contributed by atoms with Crippen molar-refractivity contribution in [3.63, 3.8) is 0 Å². The number of carbonyl (C=O) groups is 3. The van der Waals surface area contributed by atoms with Crippen LogP contribution in [0.2, 0.25) is 0 Å². The van der Waals surface area contributed by atoms with Crippen LogP contribution >= 0.6 is 0 Å². The lowest BCUT2D eigenvalue weighted by Gasteiger charge is -2.34. The molecular weight excluding hydrogens is 586 g/mol. The number of hydrogen-bond acceptors (Lipinski definition) is 8. The molecular formula is C31H35N5O7S. The van der Waals surface area contributed by atoms with Crippen molar-refractivity contribution in [2.24, 2.45) is 0 Å². The van der Waals surface area contributed by atoms with Gasteiger partial charge in [0, 0.05) is 44.6 Å². The first-order chi connectivity index (χ1) is 21.1. The fourth-order valence-electron chi connectivity index (χ4n) is 5.43. The highest BCUT2D eigenvalue weighted by Crippen LogP contribution is 2.31. The van der Waals surface area contributed by atoms with Gasteiger partial charge in [-0.2, -0.15) is 4.31 Å². The minimum atomic E-state index is -3.99. The van der Waals surface area contributed by atoms with Crippen LogP contribution in [0.5, 0.6) is 5.75 Å². The van der Waals surface area contributed by atoms with Gasteiger partial charge in [0.1, 0.15) is 23.7 Å². The minimum absolute atomic E-state index is 0.0740. The topological polar surface area (TPSA) is 141 Å². The smallest absolute Gasteiger partial charge is 0.415 e. The molecule has 12 nitrogen and oxygen atoms in total. The summed E-state index contributed by atoms with van der Waals surface area (Å²) in [6.07, 6.45) is 1.92. The maximum absolute atomic E-state index is 13.9. The van der Waals surface area contributed by atoms with Gasteiger partial charge in [-0.3, -0.25) is 9.69 Å². The number of aromatic nitrogens is 1. The molecule has 2 atom stereocenters. The number of carboxylic acid groups (broad SMARTS) is 1. The normalized spacial score (nSPS) is 18.1. The number of aryl methyl sites for hydroxylation is 1. The molecule has 1 aromatic heterocycles. The zero-order valence-electron chi connectivity index (χ0n) is 24.6. The Morgan fingerprint density at radius 1 is 0.955 bits per heavy atom. The summed E-state index contributed by atoms with van der Waals surface area (Å²) in [5.41, 5.74) is 1.14. The Labute approximate surface area is 256 Å². The van der Waals surface area contributed by atoms with Gasteiger partial charge >= 0.3 is 12.1 Å². The molecule has 0 bridgehead atoms. The van der Waals surface area contributed by atoms with Crippen molar-refractivity contribution in [1.82, 2.24) is 14.2 Å². The zero-order valence-corrected chi connectivity index (χ0v) is 25.4. The Morgan fingerprint density at radius 2 is 1.64 bits per heavy atom. The molecule has 44 heavy (non-hydrogen) atoms. The van der Waals surface area contributed by atoms with E-state index in [2.05, 4.69) is 9.88 Å². The summed E-state index contributed by atoms with van der Waals surface area (Å²) in [5.74, 6) is -0.807. The summed E-state index contributed by atoms with van der Waals surface area (Å²) >= 11 is 0. The SMILES string of the molecule is Cc1ccc(S(=O)(=O)N2CCC[C@H]2C(=O)N(c2ccc(OC(=O)N3CCN(c4ccccn4)CC3)cc2)[C@@H](C)C(=O)O)cc1. The van der Waals surface area contributed by atoms with Crippen LogP contribution in [0.1, 0.15) is 25.3 Å². The third-order valence-corrected chi connectivity index (χ3v) is 9.85. The number of carbonyl (C=O) groups excluding carboxylic acids is 2. The number of aliphatic carboxylic acids is 1. The Balaban J connectivity index is 1.28. The van der Waals surface area contributed by atoms with Crippen LogP contribution in [0.4, 0.5) is 16.3 Å². The Morgan fingerprint density at radius 3 is 2.25 bits per heavy atom. The third-order valence-electron chi connectivity index (χ3n) is 7.93. The summed E-state index contributed by atoms with van der Waals surface area (Å²) in [7, 11) is -3.99. The number of benzene rings is 2. The standard InChI is InChI=1S/C31H35N5O7S/c1-22-8-14-26(15-9-22)44(41,42)35-17-5-6-27(35)29(37)36(23(2)30(38)39)24-10-12-25(13-11-24)43-31(40)34-20-18-33(19-21-34)28-7-3-4-16-32-28/h3-4,7-16,23,27H,5-6,17-21H2,1-2H3,(H,38,39)/t23-,27-/m0/s1. The molecule has 0 radical (unpaired) electrons. The highest BCUT2D eigenvalue weighted by atomic mass is 32.2. The number of hydrogen-bond donors (Lipinski definition) is 1. The first kappa shape index (κ1) is 31.0. The van der Waals surface area contributed by atoms with E-state index in [9.17, 15) is 27.9 Å². The second-order valence-electron chi connectivity index (χ2n) is 10.8. The summed E-state index contributed by atoms with van der Waals surface area (Å²) in [5, 5.41) is 9.84. The van der Waals surface area contributed by atoms with E-state index >= 15 is 0 Å². The van der Waals surface area contributed by atoms with E-state index in [0.717, 1.165) is 20.6 Å². The summed E-state index contributed by atoms with van der Waals surface area (Å²) in [4.78, 5) is 48.0. The van der Waals surface area contributed by atoms with Crippen molar-refractivity contribution in [3.8, 4) is 5.75 Å². The molecule has 13 heteroatoms. The van der Waals surface area contributed by atoms with Crippen LogP contribution < -0.4 is 14.5 Å². The summed E-state index contributed by atoms with van der Waals surface area (Å²) in [6.45, 7) is 5.48. The highest BCUT2D eigenvalue weighted by Gasteiger charge is 2.43. The predicted molar refractivity (Wildman–Crippen MR) is 163 cm³/mol. The van der Waals surface area contributed by atoms with Crippen LogP contribution in [0.3, 0.4) is 0 Å². The van der Waals surface area contributed by atoms with E-state index in [1.165, 1.54) is 43.3 Å². The Kier molecular flexibility index (Phi) is 9.16. The second kappa shape index (κ2) is 13.0. The van der Waals surface area contributed by atoms with Crippen molar-refractivity contribution in [1.29, 1.82) is 0 Å². The number of rotatable bonds is 8. The van der Waals surface area contributed by atoms with Crippen molar-refractivity contribution < 1.29 is 32.6 Å². The van der Waals surface area contributed by atoms with E-state index in [1.54, 1.807) is 23.2 Å². The van der Waals surface area contributed by atoms with Gasteiger partial charge < -0.3 is 19.6 Å². The maximum Gasteiger partial charge on any atom is 0.415 e. The third kappa shape index (κ3) is 6.53. The number of carboxylic acids is 1. The van der Waals surface area contributed by atoms with Crippen molar-refractivity contribution in [2.75, 3.05) is 42.5 Å². The van der Waals surface area contributed by atoms with Crippen LogP contribution in [-0.2, 0) is 19.6 Å². The van der Waals surface area contributed by atoms with Crippen LogP contribution in [0.25, 0.3) is 0 Å². The molecule has 232 valence electrons. The lowest BCUT2D eigenvalue weighted by molar-refractivity contribution is -0.140. The number of pyridine rings is 1. The minimum Gasteiger partial charge on any atom is -0.480 e. The van der Waals surface area contributed by atoms with Gasteiger partial charge in [-0.1, -0.05) is 23.8 Å². The van der Waals surface area contributed by atoms with Crippen LogP contribution in [-0.4, -0.2) is 90.5 Å². The van der Waals surface area contributed by atoms with Gasteiger partial charge in [0.25, 0.3) is 0 Å². The first-order valence-electron chi connectivity index (χ1n) is 14.4. The molecule has 2 fully saturated rings. The second-order valence-corrected chi connectivity index (χ2v) is 12.7. The molecule has 2 saturated heterocycles. The van der Waals surface area contributed by atoms with Gasteiger partial charge in [0.2, 0.25) is 15.9 Å². The molecule has 0 spiro atoms. The lowest BCUT2D eigenvalue weighted by Crippen LogP contribution is -2.52. The summed E-state index contributed by atoms with van der Waals surface area (Å²) < 4.78 is 33.7. The van der Waals surface area contributed by atoms with Crippen molar-refractivity contribution in [3.05, 3.63) is 78.5 Å². The maximum atomic E-state index is 13.9. The molecule has 3 aromatic rings. The molecule has 3 heterocycles.